The molecule has 3 heteroatoms. The lowest BCUT2D eigenvalue weighted by Crippen LogP contribution is -2.31. The molecule has 0 atom stereocenters. The SMILES string of the molecule is CCOC(=N)CN1CCCCCC1. The van der Waals surface area contributed by atoms with Gasteiger partial charge in [0.05, 0.1) is 13.2 Å². The van der Waals surface area contributed by atoms with Crippen LogP contribution in [-0.4, -0.2) is 37.0 Å². The zero-order valence-electron chi connectivity index (χ0n) is 8.51. The monoisotopic (exact) mass is 184 g/mol. The molecule has 0 radical (unpaired) electrons. The van der Waals surface area contributed by atoms with Gasteiger partial charge in [-0.05, 0) is 32.9 Å². The molecule has 1 N–H and O–H groups in total. The lowest BCUT2D eigenvalue weighted by atomic mass is 10.2. The van der Waals surface area contributed by atoms with E-state index in [0.29, 0.717) is 19.0 Å². The Bertz CT molecular complexity index is 151. The van der Waals surface area contributed by atoms with Crippen molar-refractivity contribution in [3.05, 3.63) is 0 Å². The summed E-state index contributed by atoms with van der Waals surface area (Å²) in [6.45, 7) is 5.52. The Balaban J connectivity index is 2.21. The number of rotatable bonds is 3. The molecule has 0 amide bonds. The smallest absolute Gasteiger partial charge is 0.194 e. The molecule has 0 spiro atoms. The van der Waals surface area contributed by atoms with Crippen molar-refractivity contribution in [2.24, 2.45) is 0 Å². The number of hydrogen-bond donors (Lipinski definition) is 1. The molecule has 0 unspecified atom stereocenters. The summed E-state index contributed by atoms with van der Waals surface area (Å²) < 4.78 is 5.13. The van der Waals surface area contributed by atoms with Crippen molar-refractivity contribution in [2.45, 2.75) is 32.6 Å². The van der Waals surface area contributed by atoms with Gasteiger partial charge in [0, 0.05) is 0 Å². The molecule has 1 aliphatic heterocycles. The minimum atomic E-state index is 0.421. The first-order valence-electron chi connectivity index (χ1n) is 5.25. The topological polar surface area (TPSA) is 36.3 Å². The highest BCUT2D eigenvalue weighted by Crippen LogP contribution is 2.09. The number of hydrogen-bond acceptors (Lipinski definition) is 3. The Kier molecular flexibility index (Phi) is 4.83. The molecule has 0 bridgehead atoms. The largest absolute Gasteiger partial charge is 0.481 e. The van der Waals surface area contributed by atoms with Gasteiger partial charge >= 0.3 is 0 Å². The van der Waals surface area contributed by atoms with E-state index in [1.807, 2.05) is 6.92 Å². The average Bonchev–Trinajstić information content (AvgIpc) is 2.33. The first-order chi connectivity index (χ1) is 6.33. The molecule has 0 aromatic heterocycles. The molecule has 1 rings (SSSR count). The summed E-state index contributed by atoms with van der Waals surface area (Å²) in [5.41, 5.74) is 0. The molecular formula is C10H20N2O. The Hall–Kier alpha value is -0.570. The fourth-order valence-corrected chi connectivity index (χ4v) is 1.72. The van der Waals surface area contributed by atoms with Gasteiger partial charge in [-0.15, -0.1) is 0 Å². The molecule has 0 aromatic rings. The lowest BCUT2D eigenvalue weighted by molar-refractivity contribution is 0.264. The summed E-state index contributed by atoms with van der Waals surface area (Å²) in [6, 6.07) is 0. The molecule has 0 aromatic carbocycles. The molecule has 13 heavy (non-hydrogen) atoms. The fourth-order valence-electron chi connectivity index (χ4n) is 1.72. The van der Waals surface area contributed by atoms with Crippen molar-refractivity contribution in [3.63, 3.8) is 0 Å². The zero-order chi connectivity index (χ0) is 9.52. The Morgan fingerprint density at radius 2 is 1.85 bits per heavy atom. The van der Waals surface area contributed by atoms with Crippen molar-refractivity contribution in [1.82, 2.24) is 4.90 Å². The van der Waals surface area contributed by atoms with Crippen LogP contribution in [0.3, 0.4) is 0 Å². The van der Waals surface area contributed by atoms with E-state index in [2.05, 4.69) is 4.90 Å². The highest BCUT2D eigenvalue weighted by atomic mass is 16.5. The van der Waals surface area contributed by atoms with Crippen molar-refractivity contribution >= 4 is 5.90 Å². The van der Waals surface area contributed by atoms with Crippen LogP contribution in [-0.2, 0) is 4.74 Å². The molecule has 1 fully saturated rings. The van der Waals surface area contributed by atoms with Gasteiger partial charge in [-0.1, -0.05) is 12.8 Å². The van der Waals surface area contributed by atoms with Crippen LogP contribution in [0.25, 0.3) is 0 Å². The van der Waals surface area contributed by atoms with Crippen LogP contribution in [0.2, 0.25) is 0 Å². The summed E-state index contributed by atoms with van der Waals surface area (Å²) in [6.07, 6.45) is 5.25. The van der Waals surface area contributed by atoms with E-state index in [0.717, 1.165) is 13.1 Å². The third-order valence-corrected chi connectivity index (χ3v) is 2.38. The van der Waals surface area contributed by atoms with Gasteiger partial charge in [-0.3, -0.25) is 10.3 Å². The van der Waals surface area contributed by atoms with E-state index in [-0.39, 0.29) is 0 Å². The van der Waals surface area contributed by atoms with Crippen LogP contribution in [0.5, 0.6) is 0 Å². The van der Waals surface area contributed by atoms with Gasteiger partial charge in [0.15, 0.2) is 5.90 Å². The number of likely N-dealkylation sites (tertiary alicyclic amines) is 1. The predicted molar refractivity (Wildman–Crippen MR) is 54.3 cm³/mol. The van der Waals surface area contributed by atoms with Gasteiger partial charge in [0.25, 0.3) is 0 Å². The summed E-state index contributed by atoms with van der Waals surface area (Å²) in [7, 11) is 0. The van der Waals surface area contributed by atoms with Crippen molar-refractivity contribution in [1.29, 1.82) is 5.41 Å². The van der Waals surface area contributed by atoms with Gasteiger partial charge in [0.2, 0.25) is 0 Å². The summed E-state index contributed by atoms with van der Waals surface area (Å²) in [4.78, 5) is 2.32. The van der Waals surface area contributed by atoms with E-state index < -0.39 is 0 Å². The molecule has 0 saturated carbocycles. The average molecular weight is 184 g/mol. The van der Waals surface area contributed by atoms with Crippen molar-refractivity contribution in [2.75, 3.05) is 26.2 Å². The van der Waals surface area contributed by atoms with Crippen LogP contribution in [0, 0.1) is 5.41 Å². The first-order valence-corrected chi connectivity index (χ1v) is 5.25. The van der Waals surface area contributed by atoms with Crippen LogP contribution in [0.1, 0.15) is 32.6 Å². The predicted octanol–water partition coefficient (Wildman–Crippen LogP) is 1.88. The zero-order valence-corrected chi connectivity index (χ0v) is 8.51. The maximum Gasteiger partial charge on any atom is 0.194 e. The van der Waals surface area contributed by atoms with Crippen LogP contribution < -0.4 is 0 Å². The first kappa shape index (κ1) is 10.5. The minimum absolute atomic E-state index is 0.421. The van der Waals surface area contributed by atoms with Crippen LogP contribution >= 0.6 is 0 Å². The molecule has 1 heterocycles. The third kappa shape index (κ3) is 4.27. The Morgan fingerprint density at radius 1 is 1.23 bits per heavy atom. The Labute approximate surface area is 80.6 Å². The van der Waals surface area contributed by atoms with Gasteiger partial charge in [0.1, 0.15) is 0 Å². The highest BCUT2D eigenvalue weighted by molar-refractivity contribution is 5.74. The number of ether oxygens (including phenoxy) is 1. The van der Waals surface area contributed by atoms with E-state index >= 15 is 0 Å². The standard InChI is InChI=1S/C10H20N2O/c1-2-13-10(11)9-12-7-5-3-4-6-8-12/h11H,2-9H2,1H3. The highest BCUT2D eigenvalue weighted by Gasteiger charge is 2.10. The summed E-state index contributed by atoms with van der Waals surface area (Å²) >= 11 is 0. The second-order valence-electron chi connectivity index (χ2n) is 3.55. The molecule has 0 aliphatic carbocycles. The quantitative estimate of drug-likeness (QED) is 0.537. The maximum absolute atomic E-state index is 7.53. The maximum atomic E-state index is 7.53. The second kappa shape index (κ2) is 5.97. The van der Waals surface area contributed by atoms with Gasteiger partial charge in [-0.25, -0.2) is 0 Å². The number of nitrogens with zero attached hydrogens (tertiary/aromatic N) is 1. The third-order valence-electron chi connectivity index (χ3n) is 2.38. The van der Waals surface area contributed by atoms with E-state index in [9.17, 15) is 0 Å². The molecule has 76 valence electrons. The molecule has 3 nitrogen and oxygen atoms in total. The normalized spacial score (nSPS) is 19.5. The molecule has 1 aliphatic rings. The van der Waals surface area contributed by atoms with Crippen molar-refractivity contribution in [3.8, 4) is 0 Å². The van der Waals surface area contributed by atoms with Gasteiger partial charge < -0.3 is 4.74 Å². The molecule has 1 saturated heterocycles. The van der Waals surface area contributed by atoms with E-state index in [1.165, 1.54) is 25.7 Å². The Morgan fingerprint density at radius 3 is 2.38 bits per heavy atom. The lowest BCUT2D eigenvalue weighted by Gasteiger charge is -2.19. The second-order valence-corrected chi connectivity index (χ2v) is 3.55. The van der Waals surface area contributed by atoms with E-state index in [1.54, 1.807) is 0 Å². The van der Waals surface area contributed by atoms with Crippen molar-refractivity contribution < 1.29 is 4.74 Å². The molecular weight excluding hydrogens is 164 g/mol. The van der Waals surface area contributed by atoms with Crippen LogP contribution in [0.4, 0.5) is 0 Å². The minimum Gasteiger partial charge on any atom is -0.481 e. The van der Waals surface area contributed by atoms with Crippen LogP contribution in [0.15, 0.2) is 0 Å². The summed E-state index contributed by atoms with van der Waals surface area (Å²) in [5.74, 6) is 0.421. The summed E-state index contributed by atoms with van der Waals surface area (Å²) in [5, 5.41) is 7.53. The van der Waals surface area contributed by atoms with E-state index in [4.69, 9.17) is 10.1 Å². The fraction of sp³-hybridized carbons (Fsp3) is 0.900. The van der Waals surface area contributed by atoms with Gasteiger partial charge in [-0.2, -0.15) is 0 Å². The number of nitrogens with one attached hydrogen (secondary N) is 1.